The van der Waals surface area contributed by atoms with Crippen LogP contribution in [0.15, 0.2) is 34.8 Å². The van der Waals surface area contributed by atoms with Crippen molar-refractivity contribution in [3.8, 4) is 6.07 Å². The van der Waals surface area contributed by atoms with Crippen molar-refractivity contribution in [1.82, 2.24) is 30.3 Å². The van der Waals surface area contributed by atoms with E-state index in [0.29, 0.717) is 29.3 Å². The maximum atomic E-state index is 13.5. The number of amides is 2. The molecular weight excluding hydrogens is 534 g/mol. The van der Waals surface area contributed by atoms with E-state index in [9.17, 15) is 9.59 Å². The molecule has 5 rings (SSSR count). The van der Waals surface area contributed by atoms with Crippen LogP contribution in [-0.2, 0) is 21.4 Å². The fourth-order valence-corrected chi connectivity index (χ4v) is 5.05. The zero-order valence-electron chi connectivity index (χ0n) is 24.8. The van der Waals surface area contributed by atoms with E-state index in [-0.39, 0.29) is 24.4 Å². The van der Waals surface area contributed by atoms with Gasteiger partial charge in [0, 0.05) is 32.2 Å². The maximum Gasteiger partial charge on any atom is 0.270 e. The summed E-state index contributed by atoms with van der Waals surface area (Å²) in [6.45, 7) is 9.43. The van der Waals surface area contributed by atoms with Gasteiger partial charge in [-0.05, 0) is 48.6 Å². The van der Waals surface area contributed by atoms with Crippen molar-refractivity contribution in [3.63, 3.8) is 0 Å². The van der Waals surface area contributed by atoms with Crippen molar-refractivity contribution in [3.05, 3.63) is 53.2 Å². The highest BCUT2D eigenvalue weighted by molar-refractivity contribution is 5.96. The summed E-state index contributed by atoms with van der Waals surface area (Å²) >= 11 is 0. The summed E-state index contributed by atoms with van der Waals surface area (Å²) in [5.74, 6) is -0.551. The number of fused-ring (bicyclic) bond motifs is 1. The Kier molecular flexibility index (Phi) is 8.75. The highest BCUT2D eigenvalue weighted by Crippen LogP contribution is 2.37. The minimum atomic E-state index is -0.988. The van der Waals surface area contributed by atoms with Crippen LogP contribution in [0.2, 0.25) is 0 Å². The zero-order chi connectivity index (χ0) is 29.9. The van der Waals surface area contributed by atoms with Crippen molar-refractivity contribution in [2.24, 2.45) is 0 Å². The molecule has 1 saturated carbocycles. The Balaban J connectivity index is 1.34. The SMILES string of the molecule is COCCN1CC=C(c2ccc3nc(C[C@H](NC(=O)c4cc(C(C)(C)C)nn4C4CC4)C(=O)NCC#N)oc3c2)CC1. The topological polar surface area (TPSA) is 138 Å². The normalized spacial score (nSPS) is 16.6. The largest absolute Gasteiger partial charge is 0.441 e. The number of nitrogens with zero attached hydrogens (tertiary/aromatic N) is 5. The van der Waals surface area contributed by atoms with E-state index in [1.165, 1.54) is 5.57 Å². The molecule has 3 heterocycles. The molecule has 1 fully saturated rings. The number of carbonyl (C=O) groups is 2. The lowest BCUT2D eigenvalue weighted by molar-refractivity contribution is -0.122. The Hall–Kier alpha value is -4.01. The number of oxazole rings is 1. The lowest BCUT2D eigenvalue weighted by atomic mass is 9.92. The molecule has 2 aliphatic rings. The molecule has 0 spiro atoms. The van der Waals surface area contributed by atoms with Gasteiger partial charge in [0.1, 0.15) is 23.8 Å². The molecule has 0 unspecified atom stereocenters. The number of rotatable bonds is 11. The molecule has 0 saturated heterocycles. The third-order valence-corrected chi connectivity index (χ3v) is 7.68. The molecule has 2 aromatic heterocycles. The first-order valence-electron chi connectivity index (χ1n) is 14.5. The van der Waals surface area contributed by atoms with Crippen LogP contribution in [0.4, 0.5) is 0 Å². The molecule has 2 amide bonds. The molecule has 2 N–H and O–H groups in total. The summed E-state index contributed by atoms with van der Waals surface area (Å²) in [7, 11) is 1.72. The van der Waals surface area contributed by atoms with Crippen LogP contribution in [0.25, 0.3) is 16.7 Å². The van der Waals surface area contributed by atoms with Crippen molar-refractivity contribution in [2.45, 2.75) is 64.0 Å². The van der Waals surface area contributed by atoms with E-state index in [0.717, 1.165) is 50.2 Å². The third kappa shape index (κ3) is 6.89. The minimum absolute atomic E-state index is 0.0356. The Morgan fingerprint density at radius 2 is 2.07 bits per heavy atom. The summed E-state index contributed by atoms with van der Waals surface area (Å²) in [6.07, 6.45) is 5.13. The first-order chi connectivity index (χ1) is 20.2. The predicted octanol–water partition coefficient (Wildman–Crippen LogP) is 3.37. The van der Waals surface area contributed by atoms with Crippen LogP contribution in [0, 0.1) is 11.3 Å². The molecule has 1 aliphatic carbocycles. The van der Waals surface area contributed by atoms with Gasteiger partial charge in [0.25, 0.3) is 5.91 Å². The van der Waals surface area contributed by atoms with Gasteiger partial charge in [-0.3, -0.25) is 19.2 Å². The highest BCUT2D eigenvalue weighted by atomic mass is 16.5. The first kappa shape index (κ1) is 29.5. The van der Waals surface area contributed by atoms with Gasteiger partial charge in [-0.2, -0.15) is 10.4 Å². The van der Waals surface area contributed by atoms with Gasteiger partial charge < -0.3 is 19.8 Å². The summed E-state index contributed by atoms with van der Waals surface area (Å²) in [5, 5.41) is 19.1. The summed E-state index contributed by atoms with van der Waals surface area (Å²) < 4.78 is 13.1. The average Bonchev–Trinajstić information content (AvgIpc) is 3.57. The quantitative estimate of drug-likeness (QED) is 0.333. The zero-order valence-corrected chi connectivity index (χ0v) is 24.8. The van der Waals surface area contributed by atoms with Crippen molar-refractivity contribution in [1.29, 1.82) is 5.26 Å². The van der Waals surface area contributed by atoms with Crippen LogP contribution in [-0.4, -0.2) is 77.4 Å². The van der Waals surface area contributed by atoms with Gasteiger partial charge in [-0.25, -0.2) is 4.98 Å². The lowest BCUT2D eigenvalue weighted by Gasteiger charge is -2.26. The average molecular weight is 574 g/mol. The van der Waals surface area contributed by atoms with Crippen molar-refractivity contribution < 1.29 is 18.7 Å². The molecular formula is C31H39N7O4. The second-order valence-electron chi connectivity index (χ2n) is 12.0. The number of benzene rings is 1. The second-order valence-corrected chi connectivity index (χ2v) is 12.0. The standard InChI is InChI=1S/C31H39N7O4/c1-31(2,3)27-19-25(38(36-27)22-6-7-22)30(40)35-24(29(39)33-12-11-32)18-28-34-23-8-5-21(17-26(23)42-28)20-9-13-37(14-10-20)15-16-41-4/h5,8-9,17,19,22,24H,6-7,10,12-16,18H2,1-4H3,(H,33,39)(H,35,40)/t24-/m0/s1. The van der Waals surface area contributed by atoms with E-state index >= 15 is 0 Å². The fraction of sp³-hybridized carbons (Fsp3) is 0.516. The third-order valence-electron chi connectivity index (χ3n) is 7.68. The van der Waals surface area contributed by atoms with Crippen LogP contribution in [0.1, 0.15) is 73.7 Å². The van der Waals surface area contributed by atoms with Gasteiger partial charge in [0.2, 0.25) is 5.91 Å². The number of hydrogen-bond donors (Lipinski definition) is 2. The van der Waals surface area contributed by atoms with E-state index in [1.54, 1.807) is 17.9 Å². The second kappa shape index (κ2) is 12.5. The molecule has 42 heavy (non-hydrogen) atoms. The Morgan fingerprint density at radius 1 is 1.26 bits per heavy atom. The van der Waals surface area contributed by atoms with E-state index < -0.39 is 17.9 Å². The summed E-state index contributed by atoms with van der Waals surface area (Å²) in [4.78, 5) is 33.5. The summed E-state index contributed by atoms with van der Waals surface area (Å²) in [6, 6.07) is 8.85. The van der Waals surface area contributed by atoms with Gasteiger partial charge >= 0.3 is 0 Å². The molecule has 1 atom stereocenters. The van der Waals surface area contributed by atoms with E-state index in [1.807, 2.05) is 45.0 Å². The van der Waals surface area contributed by atoms with Gasteiger partial charge in [-0.15, -0.1) is 0 Å². The Labute approximate surface area is 245 Å². The molecule has 3 aromatic rings. The molecule has 11 heteroatoms. The fourth-order valence-electron chi connectivity index (χ4n) is 5.05. The van der Waals surface area contributed by atoms with Gasteiger partial charge in [0.15, 0.2) is 11.5 Å². The lowest BCUT2D eigenvalue weighted by Crippen LogP contribution is -2.48. The highest BCUT2D eigenvalue weighted by Gasteiger charge is 2.33. The number of nitrogens with one attached hydrogen (secondary N) is 2. The number of methoxy groups -OCH3 is 1. The first-order valence-corrected chi connectivity index (χ1v) is 14.5. The maximum absolute atomic E-state index is 13.5. The monoisotopic (exact) mass is 573 g/mol. The number of aromatic nitrogens is 3. The molecule has 1 aromatic carbocycles. The molecule has 1 aliphatic heterocycles. The summed E-state index contributed by atoms with van der Waals surface area (Å²) in [5.41, 5.74) is 4.64. The molecule has 0 bridgehead atoms. The minimum Gasteiger partial charge on any atom is -0.441 e. The molecule has 0 radical (unpaired) electrons. The molecule has 11 nitrogen and oxygen atoms in total. The number of ether oxygens (including phenoxy) is 1. The predicted molar refractivity (Wildman–Crippen MR) is 158 cm³/mol. The Bertz CT molecular complexity index is 1520. The number of hydrogen-bond acceptors (Lipinski definition) is 8. The van der Waals surface area contributed by atoms with Crippen molar-refractivity contribution >= 4 is 28.5 Å². The van der Waals surface area contributed by atoms with E-state index in [2.05, 4.69) is 26.6 Å². The van der Waals surface area contributed by atoms with Gasteiger partial charge in [0.05, 0.1) is 30.8 Å². The van der Waals surface area contributed by atoms with Crippen LogP contribution >= 0.6 is 0 Å². The van der Waals surface area contributed by atoms with Crippen LogP contribution in [0.5, 0.6) is 0 Å². The Morgan fingerprint density at radius 3 is 2.74 bits per heavy atom. The van der Waals surface area contributed by atoms with Crippen LogP contribution < -0.4 is 10.6 Å². The van der Waals surface area contributed by atoms with Crippen molar-refractivity contribution in [2.75, 3.05) is 39.9 Å². The van der Waals surface area contributed by atoms with Gasteiger partial charge in [-0.1, -0.05) is 32.9 Å². The number of nitriles is 1. The molecule has 222 valence electrons. The van der Waals surface area contributed by atoms with Crippen LogP contribution in [0.3, 0.4) is 0 Å². The smallest absolute Gasteiger partial charge is 0.270 e. The number of carbonyl (C=O) groups excluding carboxylic acids is 2. The van der Waals surface area contributed by atoms with E-state index in [4.69, 9.17) is 19.5 Å².